The summed E-state index contributed by atoms with van der Waals surface area (Å²) in [6.07, 6.45) is 0.141. The number of aliphatic hydroxyl groups is 1. The molecule has 0 aromatic carbocycles. The molecule has 0 aliphatic carbocycles. The first-order chi connectivity index (χ1) is 9.31. The van der Waals surface area contributed by atoms with Gasteiger partial charge in [0.1, 0.15) is 11.5 Å². The monoisotopic (exact) mass is 284 g/mol. The number of aliphatic hydroxyl groups excluding tert-OH is 1. The maximum absolute atomic E-state index is 12.1. The van der Waals surface area contributed by atoms with Crippen molar-refractivity contribution < 1.29 is 5.11 Å². The number of aromatic nitrogens is 2. The van der Waals surface area contributed by atoms with E-state index >= 15 is 0 Å². The lowest BCUT2D eigenvalue weighted by Gasteiger charge is -2.19. The minimum Gasteiger partial charge on any atom is -0.391 e. The molecule has 1 rings (SSSR count). The molecule has 0 saturated heterocycles. The van der Waals surface area contributed by atoms with E-state index in [1.54, 1.807) is 0 Å². The first-order valence-corrected chi connectivity index (χ1v) is 6.82. The van der Waals surface area contributed by atoms with Crippen molar-refractivity contribution in [3.05, 3.63) is 20.8 Å². The van der Waals surface area contributed by atoms with Crippen molar-refractivity contribution in [3.8, 4) is 0 Å². The Morgan fingerprint density at radius 3 is 2.45 bits per heavy atom. The summed E-state index contributed by atoms with van der Waals surface area (Å²) >= 11 is 0. The lowest BCUT2D eigenvalue weighted by molar-refractivity contribution is 0.138. The van der Waals surface area contributed by atoms with E-state index in [4.69, 9.17) is 5.73 Å². The highest BCUT2D eigenvalue weighted by Gasteiger charge is 2.16. The molecule has 7 heteroatoms. The number of rotatable bonds is 6. The molecule has 4 N–H and O–H groups in total. The second kappa shape index (κ2) is 6.60. The maximum Gasteiger partial charge on any atom is 0.332 e. The molecular formula is C13H24N4O3. The van der Waals surface area contributed by atoms with Crippen molar-refractivity contribution in [3.63, 3.8) is 0 Å². The highest BCUT2D eigenvalue weighted by molar-refractivity contribution is 5.60. The van der Waals surface area contributed by atoms with E-state index in [0.29, 0.717) is 6.54 Å². The number of nitrogens with one attached hydrogen (secondary N) is 1. The number of nitrogen functional groups attached to an aromatic ring is 1. The maximum atomic E-state index is 12.1. The normalized spacial score (nSPS) is 12.7. The van der Waals surface area contributed by atoms with Gasteiger partial charge in [0.25, 0.3) is 5.56 Å². The van der Waals surface area contributed by atoms with Crippen molar-refractivity contribution >= 4 is 11.5 Å². The van der Waals surface area contributed by atoms with E-state index in [9.17, 15) is 14.7 Å². The third-order valence-corrected chi connectivity index (χ3v) is 3.29. The van der Waals surface area contributed by atoms with Gasteiger partial charge in [0.2, 0.25) is 0 Å². The van der Waals surface area contributed by atoms with Crippen LogP contribution in [-0.2, 0) is 13.6 Å². The molecule has 7 nitrogen and oxygen atoms in total. The Kier molecular flexibility index (Phi) is 5.38. The Morgan fingerprint density at radius 1 is 1.35 bits per heavy atom. The van der Waals surface area contributed by atoms with Crippen molar-refractivity contribution in [2.75, 3.05) is 17.6 Å². The standard InChI is InChI=1S/C13H24N4O3/c1-5-6-17-11(14)10(12(19)16(4)13(17)20)15-7-9(18)8(2)3/h8-9,15,18H,5-7,14H2,1-4H3. The van der Waals surface area contributed by atoms with Crippen LogP contribution in [0.15, 0.2) is 9.59 Å². The van der Waals surface area contributed by atoms with Gasteiger partial charge in [0.15, 0.2) is 0 Å². The van der Waals surface area contributed by atoms with E-state index in [-0.39, 0.29) is 24.0 Å². The zero-order valence-electron chi connectivity index (χ0n) is 12.5. The topological polar surface area (TPSA) is 102 Å². The molecule has 1 atom stereocenters. The smallest absolute Gasteiger partial charge is 0.332 e. The second-order valence-electron chi connectivity index (χ2n) is 5.25. The van der Waals surface area contributed by atoms with Crippen molar-refractivity contribution in [1.82, 2.24) is 9.13 Å². The Bertz CT molecular complexity index is 574. The van der Waals surface area contributed by atoms with Crippen molar-refractivity contribution in [2.45, 2.75) is 39.8 Å². The minimum absolute atomic E-state index is 0.0640. The third kappa shape index (κ3) is 3.22. The van der Waals surface area contributed by atoms with E-state index < -0.39 is 17.4 Å². The molecule has 1 aromatic heterocycles. The molecule has 0 radical (unpaired) electrons. The predicted octanol–water partition coefficient (Wildman–Crippen LogP) is -0.0320. The molecule has 1 aromatic rings. The molecule has 20 heavy (non-hydrogen) atoms. The zero-order valence-corrected chi connectivity index (χ0v) is 12.5. The number of nitrogens with zero attached hydrogens (tertiary/aromatic N) is 2. The summed E-state index contributed by atoms with van der Waals surface area (Å²) in [5.74, 6) is 0.185. The van der Waals surface area contributed by atoms with E-state index in [0.717, 1.165) is 11.0 Å². The van der Waals surface area contributed by atoms with Gasteiger partial charge in [-0.2, -0.15) is 0 Å². The number of hydrogen-bond donors (Lipinski definition) is 3. The lowest BCUT2D eigenvalue weighted by Crippen LogP contribution is -2.41. The van der Waals surface area contributed by atoms with Gasteiger partial charge in [0, 0.05) is 20.1 Å². The van der Waals surface area contributed by atoms with Crippen LogP contribution in [0.25, 0.3) is 0 Å². The second-order valence-corrected chi connectivity index (χ2v) is 5.25. The Balaban J connectivity index is 3.19. The average Bonchev–Trinajstić information content (AvgIpc) is 2.40. The largest absolute Gasteiger partial charge is 0.391 e. The quantitative estimate of drug-likeness (QED) is 0.680. The van der Waals surface area contributed by atoms with Gasteiger partial charge in [-0.15, -0.1) is 0 Å². The van der Waals surface area contributed by atoms with Crippen LogP contribution >= 0.6 is 0 Å². The number of anilines is 2. The van der Waals surface area contributed by atoms with Gasteiger partial charge in [-0.1, -0.05) is 20.8 Å². The van der Waals surface area contributed by atoms with E-state index in [2.05, 4.69) is 5.32 Å². The molecule has 0 aliphatic rings. The van der Waals surface area contributed by atoms with Gasteiger partial charge in [-0.05, 0) is 12.3 Å². The molecule has 0 aliphatic heterocycles. The Labute approximate surface area is 118 Å². The van der Waals surface area contributed by atoms with Crippen LogP contribution in [-0.4, -0.2) is 26.9 Å². The minimum atomic E-state index is -0.592. The summed E-state index contributed by atoms with van der Waals surface area (Å²) in [5, 5.41) is 12.6. The molecule has 0 spiro atoms. The van der Waals surface area contributed by atoms with Crippen LogP contribution in [0.1, 0.15) is 27.2 Å². The SMILES string of the molecule is CCCn1c(N)c(NCC(O)C(C)C)c(=O)n(C)c1=O. The van der Waals surface area contributed by atoms with Crippen LogP contribution < -0.4 is 22.3 Å². The highest BCUT2D eigenvalue weighted by Crippen LogP contribution is 2.12. The number of hydrogen-bond acceptors (Lipinski definition) is 5. The van der Waals surface area contributed by atoms with Crippen LogP contribution in [0.4, 0.5) is 11.5 Å². The molecule has 1 unspecified atom stereocenters. The van der Waals surface area contributed by atoms with Gasteiger partial charge in [-0.25, -0.2) is 4.79 Å². The number of nitrogens with two attached hydrogens (primary N) is 1. The summed E-state index contributed by atoms with van der Waals surface area (Å²) in [6, 6.07) is 0. The first kappa shape index (κ1) is 16.3. The average molecular weight is 284 g/mol. The molecule has 0 fully saturated rings. The molecule has 0 amide bonds. The Hall–Kier alpha value is -1.76. The Morgan fingerprint density at radius 2 is 1.95 bits per heavy atom. The molecule has 1 heterocycles. The van der Waals surface area contributed by atoms with Crippen molar-refractivity contribution in [2.24, 2.45) is 13.0 Å². The summed E-state index contributed by atoms with van der Waals surface area (Å²) in [6.45, 7) is 6.34. The molecular weight excluding hydrogens is 260 g/mol. The summed E-state index contributed by atoms with van der Waals surface area (Å²) in [5.41, 5.74) is 5.17. The first-order valence-electron chi connectivity index (χ1n) is 6.82. The summed E-state index contributed by atoms with van der Waals surface area (Å²) in [7, 11) is 1.42. The highest BCUT2D eigenvalue weighted by atomic mass is 16.3. The van der Waals surface area contributed by atoms with Crippen LogP contribution in [0.3, 0.4) is 0 Å². The zero-order chi connectivity index (χ0) is 15.4. The third-order valence-electron chi connectivity index (χ3n) is 3.29. The van der Waals surface area contributed by atoms with Crippen LogP contribution in [0.2, 0.25) is 0 Å². The molecule has 114 valence electrons. The van der Waals surface area contributed by atoms with E-state index in [1.807, 2.05) is 20.8 Å². The van der Waals surface area contributed by atoms with Crippen molar-refractivity contribution in [1.29, 1.82) is 0 Å². The van der Waals surface area contributed by atoms with E-state index in [1.165, 1.54) is 11.6 Å². The van der Waals surface area contributed by atoms with Crippen LogP contribution in [0.5, 0.6) is 0 Å². The fourth-order valence-electron chi connectivity index (χ4n) is 1.83. The fraction of sp³-hybridized carbons (Fsp3) is 0.692. The van der Waals surface area contributed by atoms with Gasteiger partial charge < -0.3 is 16.2 Å². The lowest BCUT2D eigenvalue weighted by atomic mass is 10.1. The fourth-order valence-corrected chi connectivity index (χ4v) is 1.83. The van der Waals surface area contributed by atoms with Gasteiger partial charge in [0.05, 0.1) is 6.10 Å². The summed E-state index contributed by atoms with van der Waals surface area (Å²) < 4.78 is 2.39. The summed E-state index contributed by atoms with van der Waals surface area (Å²) in [4.78, 5) is 24.0. The van der Waals surface area contributed by atoms with Gasteiger partial charge >= 0.3 is 5.69 Å². The predicted molar refractivity (Wildman–Crippen MR) is 80.0 cm³/mol. The van der Waals surface area contributed by atoms with Gasteiger partial charge in [-0.3, -0.25) is 13.9 Å². The van der Waals surface area contributed by atoms with Crippen LogP contribution in [0, 0.1) is 5.92 Å². The molecule has 0 saturated carbocycles. The molecule has 0 bridgehead atoms.